The first kappa shape index (κ1) is 20.8. The first-order valence-corrected chi connectivity index (χ1v) is 12.4. The van der Waals surface area contributed by atoms with Crippen molar-refractivity contribution in [1.82, 2.24) is 4.57 Å². The van der Waals surface area contributed by atoms with E-state index in [0.29, 0.717) is 0 Å². The van der Waals surface area contributed by atoms with Crippen molar-refractivity contribution in [2.45, 2.75) is 23.6 Å². The van der Waals surface area contributed by atoms with Crippen LogP contribution in [-0.2, 0) is 0 Å². The number of aromatic nitrogens is 1. The fourth-order valence-electron chi connectivity index (χ4n) is 5.03. The zero-order valence-corrected chi connectivity index (χ0v) is 20.2. The van der Waals surface area contributed by atoms with Gasteiger partial charge in [-0.25, -0.2) is 0 Å². The lowest BCUT2D eigenvalue weighted by Gasteiger charge is -2.11. The number of hydrogen-bond donors (Lipinski definition) is 0. The summed E-state index contributed by atoms with van der Waals surface area (Å²) in [5, 5.41) is 4.81. The number of aryl methyl sites for hydroxylation is 2. The number of nitrogens with zero attached hydrogens (tertiary/aromatic N) is 1. The number of benzene rings is 5. The SMILES string of the molecule is C=c1c2cccc3c(-c4ccc(Sc5ccccc5)cc4)ccc(c32)n1-c1cc(C)cc(C)c1. The second-order valence-electron chi connectivity index (χ2n) is 8.93. The van der Waals surface area contributed by atoms with Gasteiger partial charge in [-0.2, -0.15) is 0 Å². The van der Waals surface area contributed by atoms with Crippen molar-refractivity contribution in [1.29, 1.82) is 0 Å². The quantitative estimate of drug-likeness (QED) is 0.258. The molecule has 164 valence electrons. The molecule has 0 aliphatic carbocycles. The Morgan fingerprint density at radius 3 is 2.06 bits per heavy atom. The Hall–Kier alpha value is -3.75. The van der Waals surface area contributed by atoms with Gasteiger partial charge in [-0.1, -0.05) is 79.0 Å². The van der Waals surface area contributed by atoms with E-state index in [0.717, 1.165) is 5.35 Å². The minimum absolute atomic E-state index is 1.04. The average Bonchev–Trinajstić information content (AvgIpc) is 3.13. The maximum atomic E-state index is 4.49. The van der Waals surface area contributed by atoms with Crippen LogP contribution in [0.4, 0.5) is 0 Å². The van der Waals surface area contributed by atoms with Gasteiger partial charge in [0, 0.05) is 31.6 Å². The molecule has 0 saturated heterocycles. The molecule has 0 radical (unpaired) electrons. The van der Waals surface area contributed by atoms with Crippen LogP contribution in [0.1, 0.15) is 11.1 Å². The van der Waals surface area contributed by atoms with Gasteiger partial charge in [-0.05, 0) is 84.0 Å². The summed E-state index contributed by atoms with van der Waals surface area (Å²) in [6, 6.07) is 37.2. The van der Waals surface area contributed by atoms with Gasteiger partial charge >= 0.3 is 0 Å². The maximum absolute atomic E-state index is 4.49. The third kappa shape index (κ3) is 3.52. The van der Waals surface area contributed by atoms with Crippen LogP contribution < -0.4 is 5.35 Å². The van der Waals surface area contributed by atoms with E-state index >= 15 is 0 Å². The van der Waals surface area contributed by atoms with Gasteiger partial charge in [0.15, 0.2) is 0 Å². The lowest BCUT2D eigenvalue weighted by molar-refractivity contribution is 1.08. The molecule has 2 heteroatoms. The molecule has 0 spiro atoms. The van der Waals surface area contributed by atoms with Gasteiger partial charge in [-0.3, -0.25) is 0 Å². The van der Waals surface area contributed by atoms with Crippen LogP contribution in [0.15, 0.2) is 113 Å². The van der Waals surface area contributed by atoms with Crippen molar-refractivity contribution in [3.05, 3.63) is 120 Å². The largest absolute Gasteiger partial charge is 0.310 e. The fraction of sp³-hybridized carbons (Fsp3) is 0.0625. The first-order valence-electron chi connectivity index (χ1n) is 11.6. The van der Waals surface area contributed by atoms with Crippen LogP contribution in [0.5, 0.6) is 0 Å². The molecular formula is C32H25NS. The summed E-state index contributed by atoms with van der Waals surface area (Å²) in [6.45, 7) is 8.80. The molecule has 1 nitrogen and oxygen atoms in total. The Balaban J connectivity index is 1.48. The molecule has 0 aliphatic rings. The summed E-state index contributed by atoms with van der Waals surface area (Å²) >= 11 is 1.79. The average molecular weight is 456 g/mol. The van der Waals surface area contributed by atoms with Crippen LogP contribution in [0.3, 0.4) is 0 Å². The summed E-state index contributed by atoms with van der Waals surface area (Å²) in [4.78, 5) is 2.50. The van der Waals surface area contributed by atoms with Gasteiger partial charge in [0.1, 0.15) is 0 Å². The molecule has 34 heavy (non-hydrogen) atoms. The summed E-state index contributed by atoms with van der Waals surface area (Å²) in [5.41, 5.74) is 7.40. The van der Waals surface area contributed by atoms with Crippen molar-refractivity contribution in [3.63, 3.8) is 0 Å². The van der Waals surface area contributed by atoms with Crippen LogP contribution in [0.2, 0.25) is 0 Å². The molecule has 5 aromatic carbocycles. The normalized spacial score (nSPS) is 11.5. The van der Waals surface area contributed by atoms with Crippen molar-refractivity contribution >= 4 is 40.0 Å². The van der Waals surface area contributed by atoms with E-state index in [4.69, 9.17) is 0 Å². The monoisotopic (exact) mass is 455 g/mol. The third-order valence-corrected chi connectivity index (χ3v) is 7.46. The Morgan fingerprint density at radius 2 is 1.32 bits per heavy atom. The highest BCUT2D eigenvalue weighted by atomic mass is 32.2. The Bertz CT molecular complexity index is 1670. The van der Waals surface area contributed by atoms with E-state index in [2.05, 4.69) is 128 Å². The lowest BCUT2D eigenvalue weighted by Crippen LogP contribution is -2.12. The molecule has 0 aliphatic heterocycles. The predicted molar refractivity (Wildman–Crippen MR) is 147 cm³/mol. The zero-order valence-electron chi connectivity index (χ0n) is 19.4. The fourth-order valence-corrected chi connectivity index (χ4v) is 5.87. The topological polar surface area (TPSA) is 4.93 Å². The molecule has 0 atom stereocenters. The highest BCUT2D eigenvalue weighted by Crippen LogP contribution is 2.36. The second-order valence-corrected chi connectivity index (χ2v) is 10.1. The smallest absolute Gasteiger partial charge is 0.0547 e. The minimum atomic E-state index is 1.04. The first-order chi connectivity index (χ1) is 16.6. The molecule has 0 saturated carbocycles. The highest BCUT2D eigenvalue weighted by molar-refractivity contribution is 7.99. The third-order valence-electron chi connectivity index (χ3n) is 6.45. The Morgan fingerprint density at radius 1 is 0.647 bits per heavy atom. The molecule has 1 heterocycles. The molecule has 6 rings (SSSR count). The highest BCUT2D eigenvalue weighted by Gasteiger charge is 2.15. The second kappa shape index (κ2) is 8.23. The maximum Gasteiger partial charge on any atom is 0.0547 e. The molecule has 0 bridgehead atoms. The van der Waals surface area contributed by atoms with Crippen molar-refractivity contribution in [2.75, 3.05) is 0 Å². The van der Waals surface area contributed by atoms with E-state index < -0.39 is 0 Å². The van der Waals surface area contributed by atoms with E-state index in [1.165, 1.54) is 59.4 Å². The zero-order chi connectivity index (χ0) is 23.2. The van der Waals surface area contributed by atoms with Crippen LogP contribution in [-0.4, -0.2) is 4.57 Å². The molecule has 6 aromatic rings. The van der Waals surface area contributed by atoms with Crippen LogP contribution in [0, 0.1) is 13.8 Å². The van der Waals surface area contributed by atoms with Gasteiger partial charge in [0.05, 0.1) is 5.52 Å². The standard InChI is InChI=1S/C32H25NS/c1-21-18-22(2)20-25(19-21)33-23(3)28-10-7-11-30-29(16-17-31(33)32(28)30)24-12-14-27(15-13-24)34-26-8-5-4-6-9-26/h4-20H,3H2,1-2H3. The summed E-state index contributed by atoms with van der Waals surface area (Å²) in [7, 11) is 0. The molecule has 0 N–H and O–H groups in total. The van der Waals surface area contributed by atoms with E-state index in [1.807, 2.05) is 0 Å². The summed E-state index contributed by atoms with van der Waals surface area (Å²) in [6.07, 6.45) is 0. The summed E-state index contributed by atoms with van der Waals surface area (Å²) < 4.78 is 2.31. The minimum Gasteiger partial charge on any atom is -0.310 e. The Kier molecular flexibility index (Phi) is 5.04. The molecule has 0 unspecified atom stereocenters. The van der Waals surface area contributed by atoms with Gasteiger partial charge in [0.2, 0.25) is 0 Å². The van der Waals surface area contributed by atoms with Gasteiger partial charge < -0.3 is 4.57 Å². The van der Waals surface area contributed by atoms with Crippen LogP contribution >= 0.6 is 11.8 Å². The molecule has 0 amide bonds. The molecular weight excluding hydrogens is 430 g/mol. The predicted octanol–water partition coefficient (Wildman–Crippen LogP) is 8.35. The lowest BCUT2D eigenvalue weighted by atomic mass is 9.97. The van der Waals surface area contributed by atoms with E-state index in [9.17, 15) is 0 Å². The van der Waals surface area contributed by atoms with E-state index in [1.54, 1.807) is 11.8 Å². The molecule has 0 fully saturated rings. The molecule has 1 aromatic heterocycles. The van der Waals surface area contributed by atoms with Gasteiger partial charge in [0.25, 0.3) is 0 Å². The Labute approximate surface area is 204 Å². The van der Waals surface area contributed by atoms with Crippen LogP contribution in [0.25, 0.3) is 45.1 Å². The van der Waals surface area contributed by atoms with Crippen molar-refractivity contribution in [3.8, 4) is 16.8 Å². The van der Waals surface area contributed by atoms with Crippen molar-refractivity contribution < 1.29 is 0 Å². The van der Waals surface area contributed by atoms with Gasteiger partial charge in [-0.15, -0.1) is 0 Å². The van der Waals surface area contributed by atoms with E-state index in [-0.39, 0.29) is 0 Å². The number of hydrogen-bond acceptors (Lipinski definition) is 1. The number of rotatable bonds is 4. The summed E-state index contributed by atoms with van der Waals surface area (Å²) in [5.74, 6) is 0. The van der Waals surface area contributed by atoms with Crippen molar-refractivity contribution in [2.24, 2.45) is 0 Å².